The van der Waals surface area contributed by atoms with Crippen molar-refractivity contribution in [1.82, 2.24) is 5.01 Å². The predicted octanol–water partition coefficient (Wildman–Crippen LogP) is 4.74. The molecule has 0 bridgehead atoms. The van der Waals surface area contributed by atoms with E-state index >= 15 is 0 Å². The van der Waals surface area contributed by atoms with Crippen molar-refractivity contribution in [3.8, 4) is 0 Å². The Morgan fingerprint density at radius 1 is 1.06 bits per heavy atom. The SMILES string of the molecule is CC(=O)CN1N=C(C2CCCCC2)c2ccccc2N(CC(O)C2CCCCC2)C1=O. The van der Waals surface area contributed by atoms with E-state index in [0.717, 1.165) is 68.3 Å². The van der Waals surface area contributed by atoms with Crippen LogP contribution in [0.3, 0.4) is 0 Å². The zero-order chi connectivity index (χ0) is 21.8. The standard InChI is InChI=1S/C25H35N3O3/c1-18(29)16-28-25(31)27(17-23(30)19-10-4-2-5-11-19)22-15-9-8-14-21(22)24(26-28)20-12-6-3-7-13-20/h8-9,14-15,19-20,23,30H,2-7,10-13,16-17H2,1H3. The second kappa shape index (κ2) is 9.94. The number of hydrazone groups is 1. The van der Waals surface area contributed by atoms with Crippen LogP contribution in [0.5, 0.6) is 0 Å². The number of urea groups is 1. The zero-order valence-corrected chi connectivity index (χ0v) is 18.6. The molecule has 0 radical (unpaired) electrons. The van der Waals surface area contributed by atoms with Crippen molar-refractivity contribution in [2.45, 2.75) is 77.2 Å². The molecule has 0 saturated heterocycles. The van der Waals surface area contributed by atoms with Gasteiger partial charge in [0, 0.05) is 11.5 Å². The summed E-state index contributed by atoms with van der Waals surface area (Å²) >= 11 is 0. The molecule has 2 fully saturated rings. The number of Topliss-reactive ketones (excluding diaryl/α,β-unsaturated/α-hetero) is 1. The lowest BCUT2D eigenvalue weighted by Crippen LogP contribution is -2.46. The maximum atomic E-state index is 13.6. The molecule has 2 amide bonds. The van der Waals surface area contributed by atoms with Crippen molar-refractivity contribution >= 4 is 23.2 Å². The molecule has 6 nitrogen and oxygen atoms in total. The largest absolute Gasteiger partial charge is 0.391 e. The minimum absolute atomic E-state index is 0.0426. The number of hydrogen-bond acceptors (Lipinski definition) is 4. The molecular weight excluding hydrogens is 390 g/mol. The van der Waals surface area contributed by atoms with Crippen LogP contribution in [0.2, 0.25) is 0 Å². The normalized spacial score (nSPS) is 22.0. The summed E-state index contributed by atoms with van der Waals surface area (Å²) < 4.78 is 0. The number of para-hydroxylation sites is 1. The van der Waals surface area contributed by atoms with Gasteiger partial charge in [0.2, 0.25) is 0 Å². The quantitative estimate of drug-likeness (QED) is 0.715. The fraction of sp³-hybridized carbons (Fsp3) is 0.640. The van der Waals surface area contributed by atoms with Crippen LogP contribution in [0.25, 0.3) is 0 Å². The summed E-state index contributed by atoms with van der Waals surface area (Å²) in [6.45, 7) is 1.68. The van der Waals surface area contributed by atoms with Crippen LogP contribution >= 0.6 is 0 Å². The third kappa shape index (κ3) is 5.00. The van der Waals surface area contributed by atoms with E-state index in [0.29, 0.717) is 5.92 Å². The van der Waals surface area contributed by atoms with Gasteiger partial charge >= 0.3 is 6.03 Å². The van der Waals surface area contributed by atoms with Gasteiger partial charge in [-0.3, -0.25) is 9.69 Å². The second-order valence-corrected chi connectivity index (χ2v) is 9.46. The number of ketones is 1. The van der Waals surface area contributed by atoms with Crippen LogP contribution in [-0.2, 0) is 4.79 Å². The molecule has 0 spiro atoms. The van der Waals surface area contributed by atoms with Crippen molar-refractivity contribution in [2.75, 3.05) is 18.0 Å². The number of hydrogen-bond donors (Lipinski definition) is 1. The lowest BCUT2D eigenvalue weighted by atomic mass is 9.82. The summed E-state index contributed by atoms with van der Waals surface area (Å²) in [7, 11) is 0. The average Bonchev–Trinajstić information content (AvgIpc) is 2.90. The summed E-state index contributed by atoms with van der Waals surface area (Å²) in [5.41, 5.74) is 2.68. The lowest BCUT2D eigenvalue weighted by Gasteiger charge is -2.32. The molecule has 1 aromatic carbocycles. The van der Waals surface area contributed by atoms with E-state index in [9.17, 15) is 14.7 Å². The fourth-order valence-corrected chi connectivity index (χ4v) is 5.42. The number of benzene rings is 1. The van der Waals surface area contributed by atoms with Crippen molar-refractivity contribution in [3.05, 3.63) is 29.8 Å². The summed E-state index contributed by atoms with van der Waals surface area (Å²) in [4.78, 5) is 27.2. The fourth-order valence-electron chi connectivity index (χ4n) is 5.42. The van der Waals surface area contributed by atoms with Gasteiger partial charge in [-0.15, -0.1) is 0 Å². The molecule has 1 aliphatic heterocycles. The maximum absolute atomic E-state index is 13.6. The monoisotopic (exact) mass is 425 g/mol. The Hall–Kier alpha value is -2.21. The van der Waals surface area contributed by atoms with Crippen LogP contribution in [0.4, 0.5) is 10.5 Å². The Bertz CT molecular complexity index is 825. The van der Waals surface area contributed by atoms with Gasteiger partial charge in [0.25, 0.3) is 0 Å². The number of nitrogens with zero attached hydrogens (tertiary/aromatic N) is 3. The van der Waals surface area contributed by atoms with Gasteiger partial charge < -0.3 is 5.11 Å². The van der Waals surface area contributed by atoms with Gasteiger partial charge in [0.15, 0.2) is 5.78 Å². The molecular formula is C25H35N3O3. The molecule has 1 atom stereocenters. The minimum atomic E-state index is -0.576. The smallest absolute Gasteiger partial charge is 0.345 e. The maximum Gasteiger partial charge on any atom is 0.345 e. The van der Waals surface area contributed by atoms with E-state index in [2.05, 4.69) is 0 Å². The van der Waals surface area contributed by atoms with E-state index in [1.165, 1.54) is 24.8 Å². The van der Waals surface area contributed by atoms with E-state index in [4.69, 9.17) is 5.10 Å². The van der Waals surface area contributed by atoms with Gasteiger partial charge in [-0.05, 0) is 44.6 Å². The predicted molar refractivity (Wildman–Crippen MR) is 122 cm³/mol. The van der Waals surface area contributed by atoms with E-state index in [-0.39, 0.29) is 30.8 Å². The number of carbonyl (C=O) groups is 2. The van der Waals surface area contributed by atoms with Gasteiger partial charge in [-0.25, -0.2) is 9.80 Å². The number of aliphatic hydroxyl groups excluding tert-OH is 1. The summed E-state index contributed by atoms with van der Waals surface area (Å²) in [5, 5.41) is 17.1. The highest BCUT2D eigenvalue weighted by atomic mass is 16.3. The van der Waals surface area contributed by atoms with Gasteiger partial charge in [0.05, 0.1) is 24.0 Å². The van der Waals surface area contributed by atoms with Crippen molar-refractivity contribution in [2.24, 2.45) is 16.9 Å². The number of aliphatic hydroxyl groups is 1. The molecule has 6 heteroatoms. The van der Waals surface area contributed by atoms with E-state index < -0.39 is 6.10 Å². The molecule has 0 aromatic heterocycles. The minimum Gasteiger partial charge on any atom is -0.391 e. The van der Waals surface area contributed by atoms with Crippen LogP contribution in [0, 0.1) is 11.8 Å². The molecule has 3 aliphatic rings. The lowest BCUT2D eigenvalue weighted by molar-refractivity contribution is -0.117. The van der Waals surface area contributed by atoms with E-state index in [1.54, 1.807) is 4.90 Å². The second-order valence-electron chi connectivity index (χ2n) is 9.46. The molecule has 2 aliphatic carbocycles. The highest BCUT2D eigenvalue weighted by Crippen LogP contribution is 2.35. The first-order valence-electron chi connectivity index (χ1n) is 12.0. The Kier molecular flexibility index (Phi) is 7.06. The topological polar surface area (TPSA) is 73.2 Å². The number of anilines is 1. The number of amides is 2. The Balaban J connectivity index is 1.70. The van der Waals surface area contributed by atoms with Crippen LogP contribution < -0.4 is 4.90 Å². The number of carbonyl (C=O) groups excluding carboxylic acids is 2. The molecule has 2 saturated carbocycles. The highest BCUT2D eigenvalue weighted by molar-refractivity contribution is 6.12. The molecule has 1 unspecified atom stereocenters. The molecule has 1 N–H and O–H groups in total. The highest BCUT2D eigenvalue weighted by Gasteiger charge is 2.35. The van der Waals surface area contributed by atoms with Gasteiger partial charge in [0.1, 0.15) is 6.54 Å². The Morgan fingerprint density at radius 2 is 1.71 bits per heavy atom. The third-order valence-electron chi connectivity index (χ3n) is 7.08. The number of β-amino-alcohol motifs (C(OH)–C–C–N with tert-alkyl or cyclic N) is 1. The molecule has 1 heterocycles. The van der Waals surface area contributed by atoms with Crippen molar-refractivity contribution in [3.63, 3.8) is 0 Å². The summed E-state index contributed by atoms with van der Waals surface area (Å²) in [6.07, 6.45) is 10.6. The van der Waals surface area contributed by atoms with Crippen LogP contribution in [0.15, 0.2) is 29.4 Å². The Morgan fingerprint density at radius 3 is 2.39 bits per heavy atom. The third-order valence-corrected chi connectivity index (χ3v) is 7.08. The van der Waals surface area contributed by atoms with Gasteiger partial charge in [-0.1, -0.05) is 56.7 Å². The van der Waals surface area contributed by atoms with Crippen LogP contribution in [0.1, 0.15) is 76.7 Å². The number of fused-ring (bicyclic) bond motifs is 1. The van der Waals surface area contributed by atoms with E-state index in [1.807, 2.05) is 24.3 Å². The van der Waals surface area contributed by atoms with Gasteiger partial charge in [-0.2, -0.15) is 5.10 Å². The Labute approximate surface area is 185 Å². The average molecular weight is 426 g/mol. The first kappa shape index (κ1) is 22.0. The first-order valence-corrected chi connectivity index (χ1v) is 12.0. The zero-order valence-electron chi connectivity index (χ0n) is 18.6. The van der Waals surface area contributed by atoms with Crippen molar-refractivity contribution in [1.29, 1.82) is 0 Å². The molecule has 168 valence electrons. The number of rotatable bonds is 6. The first-order chi connectivity index (χ1) is 15.0. The summed E-state index contributed by atoms with van der Waals surface area (Å²) in [5.74, 6) is 0.413. The van der Waals surface area contributed by atoms with Crippen LogP contribution in [-0.4, -0.2) is 46.8 Å². The summed E-state index contributed by atoms with van der Waals surface area (Å²) in [6, 6.07) is 7.59. The van der Waals surface area contributed by atoms with Crippen molar-refractivity contribution < 1.29 is 14.7 Å². The molecule has 4 rings (SSSR count). The molecule has 1 aromatic rings. The molecule has 31 heavy (non-hydrogen) atoms.